The number of hydrogen-bond acceptors (Lipinski definition) is 2. The van der Waals surface area contributed by atoms with Gasteiger partial charge in [0.2, 0.25) is 0 Å². The fraction of sp³-hybridized carbons (Fsp3) is 0.118. The first kappa shape index (κ1) is 12.8. The van der Waals surface area contributed by atoms with E-state index in [1.165, 1.54) is 6.07 Å². The van der Waals surface area contributed by atoms with Gasteiger partial charge in [0.15, 0.2) is 0 Å². The molecule has 2 aromatic carbocycles. The van der Waals surface area contributed by atoms with Crippen molar-refractivity contribution in [3.63, 3.8) is 0 Å². The Morgan fingerprint density at radius 2 is 1.75 bits per heavy atom. The van der Waals surface area contributed by atoms with Crippen LogP contribution in [0.25, 0.3) is 10.8 Å². The molecule has 0 aliphatic heterocycles. The van der Waals surface area contributed by atoms with Crippen LogP contribution in [0.4, 0.5) is 4.39 Å². The van der Waals surface area contributed by atoms with Crippen molar-refractivity contribution < 1.29 is 9.50 Å². The topological polar surface area (TPSA) is 33.1 Å². The highest BCUT2D eigenvalue weighted by molar-refractivity contribution is 5.86. The van der Waals surface area contributed by atoms with Crippen LogP contribution in [0.3, 0.4) is 0 Å². The third-order valence-corrected chi connectivity index (χ3v) is 3.61. The Morgan fingerprint density at radius 3 is 2.55 bits per heavy atom. The van der Waals surface area contributed by atoms with E-state index in [1.807, 2.05) is 18.2 Å². The lowest BCUT2D eigenvalue weighted by Gasteiger charge is -2.26. The van der Waals surface area contributed by atoms with E-state index in [0.29, 0.717) is 5.56 Å². The van der Waals surface area contributed by atoms with Crippen molar-refractivity contribution in [2.75, 3.05) is 0 Å². The van der Waals surface area contributed by atoms with Gasteiger partial charge in [-0.15, -0.1) is 0 Å². The van der Waals surface area contributed by atoms with E-state index in [1.54, 1.807) is 43.6 Å². The summed E-state index contributed by atoms with van der Waals surface area (Å²) in [6.45, 7) is 1.60. The third kappa shape index (κ3) is 1.96. The molecule has 20 heavy (non-hydrogen) atoms. The number of aromatic nitrogens is 1. The van der Waals surface area contributed by atoms with Crippen LogP contribution in [-0.4, -0.2) is 10.1 Å². The number of benzene rings is 2. The Labute approximate surface area is 116 Å². The number of pyridine rings is 1. The van der Waals surface area contributed by atoms with Crippen LogP contribution in [-0.2, 0) is 5.60 Å². The molecule has 3 aromatic rings. The van der Waals surface area contributed by atoms with Gasteiger partial charge < -0.3 is 5.11 Å². The van der Waals surface area contributed by atoms with Crippen molar-refractivity contribution in [1.82, 2.24) is 4.98 Å². The van der Waals surface area contributed by atoms with Gasteiger partial charge in [-0.05, 0) is 30.0 Å². The van der Waals surface area contributed by atoms with Gasteiger partial charge in [0.25, 0.3) is 0 Å². The standard InChI is InChI=1S/C17H14FNO/c1-17(20,15-6-2-3-8-16(15)18)14-7-4-5-12-9-10-19-11-13(12)14/h2-11,20H,1H3. The normalized spacial score (nSPS) is 14.2. The first-order valence-corrected chi connectivity index (χ1v) is 6.41. The highest BCUT2D eigenvalue weighted by atomic mass is 19.1. The molecule has 1 atom stereocenters. The minimum absolute atomic E-state index is 0.261. The average Bonchev–Trinajstić information content (AvgIpc) is 2.47. The van der Waals surface area contributed by atoms with Gasteiger partial charge in [-0.3, -0.25) is 4.98 Å². The van der Waals surface area contributed by atoms with E-state index in [-0.39, 0.29) is 5.56 Å². The maximum absolute atomic E-state index is 14.0. The van der Waals surface area contributed by atoms with E-state index in [9.17, 15) is 9.50 Å². The summed E-state index contributed by atoms with van der Waals surface area (Å²) < 4.78 is 14.0. The Hall–Kier alpha value is -2.26. The molecule has 2 nitrogen and oxygen atoms in total. The van der Waals surface area contributed by atoms with Gasteiger partial charge in [-0.1, -0.05) is 36.4 Å². The molecule has 0 aliphatic rings. The summed E-state index contributed by atoms with van der Waals surface area (Å²) >= 11 is 0. The number of halogens is 1. The zero-order valence-corrected chi connectivity index (χ0v) is 11.0. The molecule has 100 valence electrons. The zero-order valence-electron chi connectivity index (χ0n) is 11.0. The Bertz CT molecular complexity index is 762. The zero-order chi connectivity index (χ0) is 14.2. The first-order valence-electron chi connectivity index (χ1n) is 6.41. The summed E-state index contributed by atoms with van der Waals surface area (Å²) in [5, 5.41) is 12.7. The molecule has 3 heteroatoms. The van der Waals surface area contributed by atoms with Gasteiger partial charge in [-0.25, -0.2) is 4.39 Å². The van der Waals surface area contributed by atoms with Crippen molar-refractivity contribution in [2.24, 2.45) is 0 Å². The number of fused-ring (bicyclic) bond motifs is 1. The van der Waals surface area contributed by atoms with Crippen molar-refractivity contribution in [3.8, 4) is 0 Å². The van der Waals surface area contributed by atoms with Crippen LogP contribution in [0.15, 0.2) is 60.9 Å². The summed E-state index contributed by atoms with van der Waals surface area (Å²) in [6.07, 6.45) is 3.39. The molecule has 1 aromatic heterocycles. The quantitative estimate of drug-likeness (QED) is 0.769. The van der Waals surface area contributed by atoms with E-state index in [2.05, 4.69) is 4.98 Å². The van der Waals surface area contributed by atoms with Crippen molar-refractivity contribution in [2.45, 2.75) is 12.5 Å². The van der Waals surface area contributed by atoms with E-state index in [0.717, 1.165) is 10.8 Å². The Kier molecular flexibility index (Phi) is 2.99. The summed E-state index contributed by atoms with van der Waals surface area (Å²) in [7, 11) is 0. The summed E-state index contributed by atoms with van der Waals surface area (Å²) in [5.41, 5.74) is -0.502. The third-order valence-electron chi connectivity index (χ3n) is 3.61. The lowest BCUT2D eigenvalue weighted by molar-refractivity contribution is 0.0995. The van der Waals surface area contributed by atoms with Crippen molar-refractivity contribution in [1.29, 1.82) is 0 Å². The largest absolute Gasteiger partial charge is 0.381 e. The SMILES string of the molecule is CC(O)(c1ccccc1F)c1cccc2ccncc12. The van der Waals surface area contributed by atoms with Crippen LogP contribution in [0, 0.1) is 5.82 Å². The fourth-order valence-corrected chi connectivity index (χ4v) is 2.54. The molecule has 1 heterocycles. The van der Waals surface area contributed by atoms with E-state index < -0.39 is 11.4 Å². The van der Waals surface area contributed by atoms with Gasteiger partial charge in [-0.2, -0.15) is 0 Å². The predicted octanol–water partition coefficient (Wildman–Crippen LogP) is 3.63. The smallest absolute Gasteiger partial charge is 0.129 e. The lowest BCUT2D eigenvalue weighted by Crippen LogP contribution is -2.24. The van der Waals surface area contributed by atoms with Gasteiger partial charge in [0, 0.05) is 23.3 Å². The molecule has 0 saturated heterocycles. The Morgan fingerprint density at radius 1 is 1.00 bits per heavy atom. The second-order valence-corrected chi connectivity index (χ2v) is 4.95. The lowest BCUT2D eigenvalue weighted by atomic mass is 9.85. The average molecular weight is 267 g/mol. The summed E-state index contributed by atoms with van der Waals surface area (Å²) in [5.74, 6) is -0.418. The van der Waals surface area contributed by atoms with Gasteiger partial charge in [0.1, 0.15) is 11.4 Å². The van der Waals surface area contributed by atoms with Crippen molar-refractivity contribution in [3.05, 3.63) is 77.9 Å². The molecule has 3 rings (SSSR count). The molecule has 0 fully saturated rings. The summed E-state index contributed by atoms with van der Waals surface area (Å²) in [4.78, 5) is 4.10. The second-order valence-electron chi connectivity index (χ2n) is 4.95. The monoisotopic (exact) mass is 267 g/mol. The Balaban J connectivity index is 2.27. The number of hydrogen-bond donors (Lipinski definition) is 1. The molecule has 1 unspecified atom stereocenters. The van der Waals surface area contributed by atoms with Crippen molar-refractivity contribution >= 4 is 10.8 Å². The minimum Gasteiger partial charge on any atom is -0.381 e. The molecule has 0 saturated carbocycles. The molecular weight excluding hydrogens is 253 g/mol. The first-order chi connectivity index (χ1) is 9.60. The predicted molar refractivity (Wildman–Crippen MR) is 76.8 cm³/mol. The molecule has 0 spiro atoms. The molecular formula is C17H14FNO. The van der Waals surface area contributed by atoms with Crippen LogP contribution in [0.2, 0.25) is 0 Å². The van der Waals surface area contributed by atoms with E-state index >= 15 is 0 Å². The van der Waals surface area contributed by atoms with Gasteiger partial charge in [0.05, 0.1) is 0 Å². The molecule has 0 bridgehead atoms. The molecule has 0 amide bonds. The van der Waals surface area contributed by atoms with Crippen LogP contribution >= 0.6 is 0 Å². The summed E-state index contributed by atoms with van der Waals surface area (Å²) in [6, 6.07) is 13.8. The fourth-order valence-electron chi connectivity index (χ4n) is 2.54. The number of nitrogens with zero attached hydrogens (tertiary/aromatic N) is 1. The maximum Gasteiger partial charge on any atom is 0.129 e. The molecule has 0 aliphatic carbocycles. The number of rotatable bonds is 2. The van der Waals surface area contributed by atoms with Crippen LogP contribution in [0.1, 0.15) is 18.1 Å². The van der Waals surface area contributed by atoms with Crippen LogP contribution < -0.4 is 0 Å². The molecule has 1 N–H and O–H groups in total. The maximum atomic E-state index is 14.0. The highest BCUT2D eigenvalue weighted by Gasteiger charge is 2.30. The van der Waals surface area contributed by atoms with Crippen LogP contribution in [0.5, 0.6) is 0 Å². The minimum atomic E-state index is -1.41. The number of aliphatic hydroxyl groups is 1. The van der Waals surface area contributed by atoms with Gasteiger partial charge >= 0.3 is 0 Å². The second kappa shape index (κ2) is 4.69. The highest BCUT2D eigenvalue weighted by Crippen LogP contribution is 2.34. The van der Waals surface area contributed by atoms with E-state index in [4.69, 9.17) is 0 Å². The molecule has 0 radical (unpaired) electrons.